The fourth-order valence-corrected chi connectivity index (χ4v) is 0.363. The molecule has 0 saturated carbocycles. The molecule has 42 valence electrons. The molecule has 1 nitrogen and oxygen atoms in total. The van der Waals surface area contributed by atoms with Gasteiger partial charge in [0.05, 0.1) is 6.61 Å². The Bertz CT molecular complexity index is 75.5. The van der Waals surface area contributed by atoms with Gasteiger partial charge in [-0.1, -0.05) is 0 Å². The molecule has 0 aliphatic carbocycles. The molecular weight excluding hydrogens is 125 g/mol. The zero-order valence-corrected chi connectivity index (χ0v) is 4.08. The highest BCUT2D eigenvalue weighted by Crippen LogP contribution is 2.33. The van der Waals surface area contributed by atoms with Crippen molar-refractivity contribution < 1.29 is 13.5 Å². The Morgan fingerprint density at radius 2 is 2.14 bits per heavy atom. The molecule has 1 unspecified atom stereocenters. The third-order valence-corrected chi connectivity index (χ3v) is 0.942. The van der Waals surface area contributed by atoms with Crippen LogP contribution in [0.25, 0.3) is 0 Å². The molecule has 1 fully saturated rings. The van der Waals surface area contributed by atoms with Gasteiger partial charge in [-0.25, -0.2) is 0 Å². The lowest BCUT2D eigenvalue weighted by Crippen LogP contribution is -2.13. The zero-order chi connectivity index (χ0) is 5.49. The van der Waals surface area contributed by atoms with Crippen LogP contribution in [-0.2, 0) is 4.74 Å². The van der Waals surface area contributed by atoms with Crippen LogP contribution in [-0.4, -0.2) is 18.1 Å². The van der Waals surface area contributed by atoms with E-state index in [0.717, 1.165) is 0 Å². The molecular formula is C3H3ClF2O. The lowest BCUT2D eigenvalue weighted by atomic mass is 10.5. The summed E-state index contributed by atoms with van der Waals surface area (Å²) >= 11 is 4.47. The SMILES string of the molecule is FC(F)(Cl)C1CO1. The number of hydrogen-bond donors (Lipinski definition) is 0. The smallest absolute Gasteiger partial charge is 0.349 e. The van der Waals surface area contributed by atoms with Crippen molar-refractivity contribution in [1.29, 1.82) is 0 Å². The van der Waals surface area contributed by atoms with Crippen LogP contribution in [0.4, 0.5) is 8.78 Å². The molecule has 0 aromatic rings. The summed E-state index contributed by atoms with van der Waals surface area (Å²) in [5.41, 5.74) is 0. The minimum Gasteiger partial charge on any atom is -0.365 e. The first kappa shape index (κ1) is 5.25. The first-order chi connectivity index (χ1) is 3.11. The summed E-state index contributed by atoms with van der Waals surface area (Å²) in [6.45, 7) is 0.0938. The van der Waals surface area contributed by atoms with E-state index < -0.39 is 11.5 Å². The summed E-state index contributed by atoms with van der Waals surface area (Å²) in [6.07, 6.45) is -1.02. The van der Waals surface area contributed by atoms with Crippen LogP contribution in [0.1, 0.15) is 0 Å². The molecule has 7 heavy (non-hydrogen) atoms. The normalized spacial score (nSPS) is 30.4. The molecule has 4 heteroatoms. The highest BCUT2D eigenvalue weighted by atomic mass is 35.5. The molecule has 1 aliphatic heterocycles. The van der Waals surface area contributed by atoms with Gasteiger partial charge < -0.3 is 4.74 Å². The number of hydrogen-bond acceptors (Lipinski definition) is 1. The van der Waals surface area contributed by atoms with Crippen LogP contribution in [0.5, 0.6) is 0 Å². The van der Waals surface area contributed by atoms with Gasteiger partial charge in [0.15, 0.2) is 6.10 Å². The maximum atomic E-state index is 11.5. The minimum absolute atomic E-state index is 0.0938. The van der Waals surface area contributed by atoms with Gasteiger partial charge in [0.25, 0.3) is 0 Å². The lowest BCUT2D eigenvalue weighted by Gasteiger charge is -1.98. The molecule has 1 heterocycles. The first-order valence-corrected chi connectivity index (χ1v) is 2.17. The standard InChI is InChI=1S/C3H3ClF2O/c4-3(5,6)2-1-7-2/h2H,1H2. The Morgan fingerprint density at radius 3 is 2.14 bits per heavy atom. The van der Waals surface area contributed by atoms with Crippen molar-refractivity contribution in [1.82, 2.24) is 0 Å². The van der Waals surface area contributed by atoms with Crippen LogP contribution in [0.2, 0.25) is 0 Å². The second-order valence-corrected chi connectivity index (χ2v) is 1.87. The van der Waals surface area contributed by atoms with Gasteiger partial charge in [0.2, 0.25) is 0 Å². The van der Waals surface area contributed by atoms with Crippen LogP contribution >= 0.6 is 11.6 Å². The molecule has 0 aromatic carbocycles. The van der Waals surface area contributed by atoms with Crippen LogP contribution < -0.4 is 0 Å². The van der Waals surface area contributed by atoms with Crippen LogP contribution in [0, 0.1) is 0 Å². The molecule has 1 aliphatic rings. The molecule has 0 amide bonds. The number of rotatable bonds is 1. The van der Waals surface area contributed by atoms with Gasteiger partial charge in [-0.15, -0.1) is 0 Å². The summed E-state index contributed by atoms with van der Waals surface area (Å²) < 4.78 is 27.3. The average molecular weight is 129 g/mol. The van der Waals surface area contributed by atoms with Crippen molar-refractivity contribution >= 4 is 11.6 Å². The Kier molecular flexibility index (Phi) is 0.970. The minimum atomic E-state index is -3.14. The van der Waals surface area contributed by atoms with Crippen molar-refractivity contribution in [3.8, 4) is 0 Å². The van der Waals surface area contributed by atoms with Gasteiger partial charge in [0.1, 0.15) is 0 Å². The quantitative estimate of drug-likeness (QED) is 0.382. The summed E-state index contributed by atoms with van der Waals surface area (Å²) in [7, 11) is 0. The van der Waals surface area contributed by atoms with Crippen molar-refractivity contribution in [2.45, 2.75) is 11.5 Å². The van der Waals surface area contributed by atoms with E-state index in [2.05, 4.69) is 16.3 Å². The predicted molar refractivity (Wildman–Crippen MR) is 20.5 cm³/mol. The second kappa shape index (κ2) is 1.29. The Balaban J connectivity index is 2.36. The highest BCUT2D eigenvalue weighted by Gasteiger charge is 2.46. The molecule has 0 N–H and O–H groups in total. The fourth-order valence-electron chi connectivity index (χ4n) is 0.237. The van der Waals surface area contributed by atoms with Crippen molar-refractivity contribution in [3.05, 3.63) is 0 Å². The predicted octanol–water partition coefficient (Wildman–Crippen LogP) is 1.22. The van der Waals surface area contributed by atoms with Crippen LogP contribution in [0.3, 0.4) is 0 Å². The first-order valence-electron chi connectivity index (χ1n) is 1.79. The number of ether oxygens (including phenoxy) is 1. The molecule has 1 rings (SSSR count). The summed E-state index contributed by atoms with van der Waals surface area (Å²) in [4.78, 5) is 0. The van der Waals surface area contributed by atoms with E-state index in [1.54, 1.807) is 0 Å². The van der Waals surface area contributed by atoms with E-state index in [4.69, 9.17) is 0 Å². The fraction of sp³-hybridized carbons (Fsp3) is 1.00. The molecule has 0 aromatic heterocycles. The Hall–Kier alpha value is 0.110. The van der Waals surface area contributed by atoms with Crippen LogP contribution in [0.15, 0.2) is 0 Å². The summed E-state index contributed by atoms with van der Waals surface area (Å²) in [5, 5.41) is -3.14. The van der Waals surface area contributed by atoms with Gasteiger partial charge >= 0.3 is 5.38 Å². The Labute approximate surface area is 44.2 Å². The van der Waals surface area contributed by atoms with Crippen molar-refractivity contribution in [3.63, 3.8) is 0 Å². The van der Waals surface area contributed by atoms with Crippen molar-refractivity contribution in [2.75, 3.05) is 6.61 Å². The topological polar surface area (TPSA) is 12.5 Å². The molecule has 1 atom stereocenters. The van der Waals surface area contributed by atoms with E-state index in [1.165, 1.54) is 0 Å². The maximum absolute atomic E-state index is 11.5. The number of epoxide rings is 1. The average Bonchev–Trinajstić information content (AvgIpc) is 1.99. The van der Waals surface area contributed by atoms with E-state index in [-0.39, 0.29) is 6.61 Å². The van der Waals surface area contributed by atoms with E-state index in [1.807, 2.05) is 0 Å². The second-order valence-electron chi connectivity index (χ2n) is 1.36. The number of alkyl halides is 3. The summed E-state index contributed by atoms with van der Waals surface area (Å²) in [6, 6.07) is 0. The third kappa shape index (κ3) is 1.24. The third-order valence-electron chi connectivity index (χ3n) is 0.698. The van der Waals surface area contributed by atoms with Gasteiger partial charge in [0, 0.05) is 0 Å². The lowest BCUT2D eigenvalue weighted by molar-refractivity contribution is 0.0611. The van der Waals surface area contributed by atoms with E-state index in [0.29, 0.717) is 0 Å². The van der Waals surface area contributed by atoms with Gasteiger partial charge in [-0.3, -0.25) is 0 Å². The van der Waals surface area contributed by atoms with E-state index >= 15 is 0 Å². The zero-order valence-electron chi connectivity index (χ0n) is 3.33. The maximum Gasteiger partial charge on any atom is 0.349 e. The van der Waals surface area contributed by atoms with Gasteiger partial charge in [-0.2, -0.15) is 8.78 Å². The molecule has 0 bridgehead atoms. The molecule has 1 saturated heterocycles. The molecule has 0 spiro atoms. The monoisotopic (exact) mass is 128 g/mol. The van der Waals surface area contributed by atoms with E-state index in [9.17, 15) is 8.78 Å². The molecule has 0 radical (unpaired) electrons. The van der Waals surface area contributed by atoms with Gasteiger partial charge in [-0.05, 0) is 11.6 Å². The summed E-state index contributed by atoms with van der Waals surface area (Å²) in [5.74, 6) is 0. The Morgan fingerprint density at radius 1 is 1.71 bits per heavy atom. The number of halogens is 3. The highest BCUT2D eigenvalue weighted by molar-refractivity contribution is 6.22. The van der Waals surface area contributed by atoms with Crippen molar-refractivity contribution in [2.24, 2.45) is 0 Å². The largest absolute Gasteiger partial charge is 0.365 e.